The van der Waals surface area contributed by atoms with Crippen LogP contribution in [0.15, 0.2) is 17.7 Å². The van der Waals surface area contributed by atoms with Crippen LogP contribution in [-0.2, 0) is 9.53 Å². The number of fused-ring (bicyclic) bond motifs is 2. The van der Waals surface area contributed by atoms with E-state index in [1.54, 1.807) is 13.0 Å². The second-order valence-corrected chi connectivity index (χ2v) is 6.03. The third-order valence-corrected chi connectivity index (χ3v) is 4.41. The number of ether oxygens (including phenoxy) is 1. The molecule has 1 heterocycles. The Kier molecular flexibility index (Phi) is 2.40. The molecule has 2 aliphatic rings. The van der Waals surface area contributed by atoms with Gasteiger partial charge in [-0.2, -0.15) is 0 Å². The second-order valence-electron chi connectivity index (χ2n) is 6.03. The van der Waals surface area contributed by atoms with Crippen LogP contribution in [0, 0.1) is 12.3 Å². The molecule has 1 atom stereocenters. The fraction of sp³-hybridized carbons (Fsp3) is 0.375. The lowest BCUT2D eigenvalue weighted by molar-refractivity contribution is -0.112. The van der Waals surface area contributed by atoms with E-state index in [-0.39, 0.29) is 17.4 Å². The third-order valence-electron chi connectivity index (χ3n) is 4.41. The highest BCUT2D eigenvalue weighted by atomic mass is 16.5. The summed E-state index contributed by atoms with van der Waals surface area (Å²) in [5.74, 6) is -0.605. The van der Waals surface area contributed by atoms with Crippen molar-refractivity contribution in [2.24, 2.45) is 5.41 Å². The molecule has 0 aromatic heterocycles. The first kappa shape index (κ1) is 12.9. The standard InChI is InChI=1S/C16H16O4/c1-7-5-9(17)6-10-11(7)15-12(14(19)13(10)18)16(3,4)8(2)20-15/h5-6,8,17H,1-4H3/t8-/m1/s1. The summed E-state index contributed by atoms with van der Waals surface area (Å²) in [7, 11) is 0. The van der Waals surface area contributed by atoms with Gasteiger partial charge >= 0.3 is 0 Å². The lowest BCUT2D eigenvalue weighted by Crippen LogP contribution is -2.32. The van der Waals surface area contributed by atoms with Crippen molar-refractivity contribution in [2.45, 2.75) is 33.8 Å². The van der Waals surface area contributed by atoms with Gasteiger partial charge in [0.2, 0.25) is 11.6 Å². The van der Waals surface area contributed by atoms with E-state index in [0.717, 1.165) is 5.56 Å². The zero-order chi connectivity index (χ0) is 14.8. The molecule has 0 amide bonds. The monoisotopic (exact) mass is 272 g/mol. The van der Waals surface area contributed by atoms with Crippen LogP contribution in [0.5, 0.6) is 5.75 Å². The molecule has 1 aliphatic heterocycles. The summed E-state index contributed by atoms with van der Waals surface area (Å²) < 4.78 is 5.87. The van der Waals surface area contributed by atoms with E-state index in [1.807, 2.05) is 20.8 Å². The van der Waals surface area contributed by atoms with Gasteiger partial charge in [0.1, 0.15) is 17.6 Å². The maximum Gasteiger partial charge on any atom is 0.234 e. The minimum Gasteiger partial charge on any atom is -0.508 e. The smallest absolute Gasteiger partial charge is 0.234 e. The van der Waals surface area contributed by atoms with Gasteiger partial charge in [-0.05, 0) is 31.5 Å². The van der Waals surface area contributed by atoms with E-state index in [2.05, 4.69) is 0 Å². The van der Waals surface area contributed by atoms with Crippen molar-refractivity contribution >= 4 is 17.3 Å². The molecule has 1 aliphatic carbocycles. The molecule has 20 heavy (non-hydrogen) atoms. The third kappa shape index (κ3) is 1.42. The topological polar surface area (TPSA) is 63.6 Å². The van der Waals surface area contributed by atoms with Crippen LogP contribution >= 0.6 is 0 Å². The van der Waals surface area contributed by atoms with Crippen LogP contribution in [0.1, 0.15) is 42.3 Å². The molecule has 1 N–H and O–H groups in total. The molecule has 1 aromatic rings. The van der Waals surface area contributed by atoms with Gasteiger partial charge in [-0.3, -0.25) is 9.59 Å². The molecular weight excluding hydrogens is 256 g/mol. The van der Waals surface area contributed by atoms with Crippen LogP contribution in [0.2, 0.25) is 0 Å². The summed E-state index contributed by atoms with van der Waals surface area (Å²) in [5.41, 5.74) is 1.56. The maximum absolute atomic E-state index is 12.4. The highest BCUT2D eigenvalue weighted by molar-refractivity contribution is 6.52. The number of aromatic hydroxyl groups is 1. The van der Waals surface area contributed by atoms with Gasteiger partial charge in [0, 0.05) is 16.5 Å². The van der Waals surface area contributed by atoms with Crippen LogP contribution in [-0.4, -0.2) is 22.8 Å². The van der Waals surface area contributed by atoms with Crippen molar-refractivity contribution in [2.75, 3.05) is 0 Å². The number of carbonyl (C=O) groups excluding carboxylic acids is 2. The number of phenolic OH excluding ortho intramolecular Hbond substituents is 1. The average molecular weight is 272 g/mol. The van der Waals surface area contributed by atoms with E-state index in [1.165, 1.54) is 6.07 Å². The molecule has 0 fully saturated rings. The van der Waals surface area contributed by atoms with Crippen LogP contribution < -0.4 is 0 Å². The Balaban J connectivity index is 2.37. The quantitative estimate of drug-likeness (QED) is 0.737. The van der Waals surface area contributed by atoms with Gasteiger partial charge in [0.15, 0.2) is 0 Å². The number of Topliss-reactive ketones (excluding diaryl/α,β-unsaturated/α-hetero) is 2. The molecule has 1 aromatic carbocycles. The van der Waals surface area contributed by atoms with Gasteiger partial charge in [0.25, 0.3) is 0 Å². The number of benzene rings is 1. The van der Waals surface area contributed by atoms with Crippen molar-refractivity contribution in [3.8, 4) is 5.75 Å². The lowest BCUT2D eigenvalue weighted by Gasteiger charge is -2.24. The fourth-order valence-electron chi connectivity index (χ4n) is 2.94. The lowest BCUT2D eigenvalue weighted by atomic mass is 9.74. The Morgan fingerprint density at radius 3 is 2.50 bits per heavy atom. The van der Waals surface area contributed by atoms with Gasteiger partial charge in [0.05, 0.1) is 5.57 Å². The fourth-order valence-corrected chi connectivity index (χ4v) is 2.94. The summed E-state index contributed by atoms with van der Waals surface area (Å²) in [5, 5.41) is 9.65. The van der Waals surface area contributed by atoms with E-state index >= 15 is 0 Å². The van der Waals surface area contributed by atoms with E-state index in [9.17, 15) is 14.7 Å². The molecule has 4 heteroatoms. The molecular formula is C16H16O4. The van der Waals surface area contributed by atoms with Crippen LogP contribution in [0.4, 0.5) is 0 Å². The first-order valence-corrected chi connectivity index (χ1v) is 6.59. The second kappa shape index (κ2) is 3.72. The maximum atomic E-state index is 12.4. The van der Waals surface area contributed by atoms with Gasteiger partial charge in [-0.1, -0.05) is 13.8 Å². The Morgan fingerprint density at radius 1 is 1.20 bits per heavy atom. The highest BCUT2D eigenvalue weighted by Crippen LogP contribution is 2.50. The van der Waals surface area contributed by atoms with Crippen molar-refractivity contribution in [1.29, 1.82) is 0 Å². The van der Waals surface area contributed by atoms with Crippen LogP contribution in [0.3, 0.4) is 0 Å². The number of carbonyl (C=O) groups is 2. The molecule has 3 rings (SSSR count). The zero-order valence-electron chi connectivity index (χ0n) is 11.9. The van der Waals surface area contributed by atoms with Crippen molar-refractivity contribution in [1.82, 2.24) is 0 Å². The Morgan fingerprint density at radius 2 is 1.85 bits per heavy atom. The molecule has 0 unspecified atom stereocenters. The predicted octanol–water partition coefficient (Wildman–Crippen LogP) is 2.62. The number of hydrogen-bond donors (Lipinski definition) is 1. The van der Waals surface area contributed by atoms with Gasteiger partial charge in [-0.25, -0.2) is 0 Å². The van der Waals surface area contributed by atoms with E-state index < -0.39 is 17.0 Å². The normalized spacial score (nSPS) is 23.5. The Bertz CT molecular complexity index is 695. The minimum atomic E-state index is -0.566. The number of aryl methyl sites for hydroxylation is 1. The van der Waals surface area contributed by atoms with Gasteiger partial charge < -0.3 is 9.84 Å². The molecule has 0 radical (unpaired) electrons. The van der Waals surface area contributed by atoms with Crippen molar-refractivity contribution in [3.05, 3.63) is 34.4 Å². The first-order valence-electron chi connectivity index (χ1n) is 6.59. The Hall–Kier alpha value is -2.10. The first-order chi connectivity index (χ1) is 9.25. The molecule has 0 saturated heterocycles. The average Bonchev–Trinajstić information content (AvgIpc) is 2.56. The minimum absolute atomic E-state index is 0.0169. The number of ketones is 2. The van der Waals surface area contributed by atoms with Crippen molar-refractivity contribution < 1.29 is 19.4 Å². The molecule has 0 saturated carbocycles. The van der Waals surface area contributed by atoms with Crippen molar-refractivity contribution in [3.63, 3.8) is 0 Å². The van der Waals surface area contributed by atoms with Gasteiger partial charge in [-0.15, -0.1) is 0 Å². The van der Waals surface area contributed by atoms with Crippen LogP contribution in [0.25, 0.3) is 5.76 Å². The Labute approximate surface area is 117 Å². The molecule has 0 spiro atoms. The summed E-state index contributed by atoms with van der Waals surface area (Å²) in [6.07, 6.45) is -0.177. The number of phenols is 1. The summed E-state index contributed by atoms with van der Waals surface area (Å²) in [4.78, 5) is 24.7. The predicted molar refractivity (Wildman–Crippen MR) is 73.4 cm³/mol. The largest absolute Gasteiger partial charge is 0.508 e. The van der Waals surface area contributed by atoms with E-state index in [0.29, 0.717) is 16.9 Å². The number of hydrogen-bond acceptors (Lipinski definition) is 4. The summed E-state index contributed by atoms with van der Waals surface area (Å²) >= 11 is 0. The summed E-state index contributed by atoms with van der Waals surface area (Å²) in [6.45, 7) is 7.51. The number of rotatable bonds is 0. The highest BCUT2D eigenvalue weighted by Gasteiger charge is 2.50. The molecule has 0 bridgehead atoms. The van der Waals surface area contributed by atoms with E-state index in [4.69, 9.17) is 4.74 Å². The SMILES string of the molecule is Cc1cc(O)cc2c1C1=C(C(=O)C2=O)C(C)(C)[C@@H](C)O1. The molecule has 104 valence electrons. The zero-order valence-corrected chi connectivity index (χ0v) is 11.9. The summed E-state index contributed by atoms with van der Waals surface area (Å²) in [6, 6.07) is 2.91. The molecule has 4 nitrogen and oxygen atoms in total.